The molecular formula is C14H22N2O2. The molecule has 0 aromatic heterocycles. The summed E-state index contributed by atoms with van der Waals surface area (Å²) in [5, 5.41) is 3.28. The van der Waals surface area contributed by atoms with Crippen LogP contribution in [-0.2, 0) is 9.47 Å². The van der Waals surface area contributed by atoms with Gasteiger partial charge in [0.2, 0.25) is 5.79 Å². The maximum atomic E-state index is 5.42. The molecule has 1 saturated heterocycles. The summed E-state index contributed by atoms with van der Waals surface area (Å²) >= 11 is 0. The fraction of sp³-hybridized carbons (Fsp3) is 0.571. The smallest absolute Gasteiger partial charge is 0.203 e. The Morgan fingerprint density at radius 1 is 1.22 bits per heavy atom. The third-order valence-electron chi connectivity index (χ3n) is 3.78. The van der Waals surface area contributed by atoms with E-state index in [-0.39, 0.29) is 0 Å². The van der Waals surface area contributed by atoms with Crippen LogP contribution in [0.25, 0.3) is 0 Å². The van der Waals surface area contributed by atoms with Crippen molar-refractivity contribution in [3.8, 4) is 0 Å². The third kappa shape index (κ3) is 2.23. The van der Waals surface area contributed by atoms with Crippen LogP contribution in [0.4, 0.5) is 5.69 Å². The Labute approximate surface area is 109 Å². The number of para-hydroxylation sites is 1. The number of ether oxygens (including phenoxy) is 2. The Kier molecular flexibility index (Phi) is 3.90. The average molecular weight is 250 g/mol. The van der Waals surface area contributed by atoms with Crippen molar-refractivity contribution in [1.82, 2.24) is 5.32 Å². The van der Waals surface area contributed by atoms with Crippen molar-refractivity contribution in [2.45, 2.75) is 18.8 Å². The van der Waals surface area contributed by atoms with Gasteiger partial charge < -0.3 is 19.7 Å². The lowest BCUT2D eigenvalue weighted by Gasteiger charge is -2.49. The summed E-state index contributed by atoms with van der Waals surface area (Å²) in [5.41, 5.74) is 2.56. The number of hydrogen-bond donors (Lipinski definition) is 1. The molecule has 2 rings (SSSR count). The highest BCUT2D eigenvalue weighted by molar-refractivity contribution is 5.57. The van der Waals surface area contributed by atoms with Crippen molar-refractivity contribution >= 4 is 5.69 Å². The van der Waals surface area contributed by atoms with Crippen molar-refractivity contribution < 1.29 is 9.47 Å². The maximum Gasteiger partial charge on any atom is 0.203 e. The fourth-order valence-electron chi connectivity index (χ4n) is 2.34. The van der Waals surface area contributed by atoms with E-state index in [0.29, 0.717) is 6.04 Å². The van der Waals surface area contributed by atoms with Crippen LogP contribution in [0.2, 0.25) is 0 Å². The second-order valence-corrected chi connectivity index (χ2v) is 4.74. The highest BCUT2D eigenvalue weighted by Crippen LogP contribution is 2.34. The van der Waals surface area contributed by atoms with Crippen LogP contribution in [0, 0.1) is 0 Å². The Hall–Kier alpha value is -1.10. The number of benzene rings is 1. The summed E-state index contributed by atoms with van der Waals surface area (Å²) in [6.45, 7) is 3.71. The largest absolute Gasteiger partial charge is 0.360 e. The molecule has 1 N–H and O–H groups in total. The molecule has 1 aromatic rings. The maximum absolute atomic E-state index is 5.42. The number of methoxy groups -OCH3 is 2. The molecule has 100 valence electrons. The van der Waals surface area contributed by atoms with Gasteiger partial charge in [0.1, 0.15) is 0 Å². The van der Waals surface area contributed by atoms with Crippen LogP contribution < -0.4 is 10.2 Å². The number of nitrogens with one attached hydrogen (secondary N) is 1. The zero-order valence-electron chi connectivity index (χ0n) is 11.6. The molecule has 4 heteroatoms. The van der Waals surface area contributed by atoms with E-state index in [2.05, 4.69) is 41.4 Å². The second-order valence-electron chi connectivity index (χ2n) is 4.74. The fourth-order valence-corrected chi connectivity index (χ4v) is 2.34. The first-order valence-electron chi connectivity index (χ1n) is 6.27. The van der Waals surface area contributed by atoms with Gasteiger partial charge in [0, 0.05) is 25.9 Å². The number of hydrogen-bond acceptors (Lipinski definition) is 4. The van der Waals surface area contributed by atoms with Crippen LogP contribution in [0.1, 0.15) is 18.5 Å². The molecule has 0 bridgehead atoms. The average Bonchev–Trinajstić information content (AvgIpc) is 2.38. The quantitative estimate of drug-likeness (QED) is 0.808. The molecule has 0 radical (unpaired) electrons. The summed E-state index contributed by atoms with van der Waals surface area (Å²) in [4.78, 5) is 2.29. The summed E-state index contributed by atoms with van der Waals surface area (Å²) in [6.07, 6.45) is 0. The predicted molar refractivity (Wildman–Crippen MR) is 72.9 cm³/mol. The van der Waals surface area contributed by atoms with E-state index >= 15 is 0 Å². The lowest BCUT2D eigenvalue weighted by Crippen LogP contribution is -2.64. The molecule has 1 aromatic carbocycles. The van der Waals surface area contributed by atoms with Gasteiger partial charge in [-0.2, -0.15) is 0 Å². The summed E-state index contributed by atoms with van der Waals surface area (Å²) in [5.74, 6) is -0.435. The highest BCUT2D eigenvalue weighted by atomic mass is 16.7. The lowest BCUT2D eigenvalue weighted by atomic mass is 10.00. The van der Waals surface area contributed by atoms with Gasteiger partial charge in [0.05, 0.1) is 13.1 Å². The van der Waals surface area contributed by atoms with E-state index in [0.717, 1.165) is 13.1 Å². The van der Waals surface area contributed by atoms with E-state index < -0.39 is 5.79 Å². The van der Waals surface area contributed by atoms with Gasteiger partial charge in [-0.05, 0) is 25.6 Å². The van der Waals surface area contributed by atoms with Crippen LogP contribution >= 0.6 is 0 Å². The minimum absolute atomic E-state index is 0.335. The number of rotatable bonds is 5. The molecule has 1 heterocycles. The highest BCUT2D eigenvalue weighted by Gasteiger charge is 2.44. The molecule has 1 aliphatic heterocycles. The predicted octanol–water partition coefficient (Wildman–Crippen LogP) is 1.78. The molecule has 1 unspecified atom stereocenters. The summed E-state index contributed by atoms with van der Waals surface area (Å²) < 4.78 is 10.8. The van der Waals surface area contributed by atoms with E-state index in [1.165, 1.54) is 11.3 Å². The topological polar surface area (TPSA) is 33.7 Å². The zero-order chi connectivity index (χ0) is 13.2. The van der Waals surface area contributed by atoms with Crippen molar-refractivity contribution in [3.63, 3.8) is 0 Å². The van der Waals surface area contributed by atoms with Gasteiger partial charge in [-0.1, -0.05) is 18.2 Å². The van der Waals surface area contributed by atoms with Crippen molar-refractivity contribution in [2.24, 2.45) is 0 Å². The van der Waals surface area contributed by atoms with Gasteiger partial charge in [0.25, 0.3) is 0 Å². The van der Waals surface area contributed by atoms with Gasteiger partial charge in [-0.25, -0.2) is 0 Å². The molecule has 1 aliphatic rings. The van der Waals surface area contributed by atoms with Crippen LogP contribution in [0.5, 0.6) is 0 Å². The molecular weight excluding hydrogens is 228 g/mol. The van der Waals surface area contributed by atoms with E-state index in [9.17, 15) is 0 Å². The standard InChI is InChI=1S/C14H22N2O2/c1-11(15-2)12-7-5-6-8-13(12)16-9-14(10-16,17-3)18-4/h5-8,11,15H,9-10H2,1-4H3. The molecule has 4 nitrogen and oxygen atoms in total. The van der Waals surface area contributed by atoms with E-state index in [1.807, 2.05) is 7.05 Å². The molecule has 0 saturated carbocycles. The lowest BCUT2D eigenvalue weighted by molar-refractivity contribution is -0.219. The van der Waals surface area contributed by atoms with Gasteiger partial charge in [-0.3, -0.25) is 0 Å². The first kappa shape index (κ1) is 13.3. The number of nitrogens with zero attached hydrogens (tertiary/aromatic N) is 1. The molecule has 1 atom stereocenters. The van der Waals surface area contributed by atoms with Gasteiger partial charge >= 0.3 is 0 Å². The minimum atomic E-state index is -0.435. The van der Waals surface area contributed by atoms with Crippen molar-refractivity contribution in [3.05, 3.63) is 29.8 Å². The van der Waals surface area contributed by atoms with Gasteiger partial charge in [-0.15, -0.1) is 0 Å². The van der Waals surface area contributed by atoms with E-state index in [4.69, 9.17) is 9.47 Å². The van der Waals surface area contributed by atoms with Crippen LogP contribution in [0.3, 0.4) is 0 Å². The Bertz CT molecular complexity index is 397. The van der Waals surface area contributed by atoms with E-state index in [1.54, 1.807) is 14.2 Å². The third-order valence-corrected chi connectivity index (χ3v) is 3.78. The van der Waals surface area contributed by atoms with Crippen LogP contribution in [0.15, 0.2) is 24.3 Å². The minimum Gasteiger partial charge on any atom is -0.360 e. The second kappa shape index (κ2) is 5.26. The molecule has 0 amide bonds. The normalized spacial score (nSPS) is 19.4. The van der Waals surface area contributed by atoms with Crippen LogP contribution in [-0.4, -0.2) is 40.1 Å². The molecule has 18 heavy (non-hydrogen) atoms. The number of anilines is 1. The molecule has 0 spiro atoms. The summed E-state index contributed by atoms with van der Waals surface area (Å²) in [7, 11) is 5.37. The first-order valence-corrected chi connectivity index (χ1v) is 6.27. The van der Waals surface area contributed by atoms with Crippen molar-refractivity contribution in [1.29, 1.82) is 0 Å². The first-order chi connectivity index (χ1) is 8.65. The Morgan fingerprint density at radius 3 is 2.39 bits per heavy atom. The Morgan fingerprint density at radius 2 is 1.83 bits per heavy atom. The molecule has 1 fully saturated rings. The summed E-state index contributed by atoms with van der Waals surface area (Å²) in [6, 6.07) is 8.79. The zero-order valence-corrected chi connectivity index (χ0v) is 11.6. The van der Waals surface area contributed by atoms with Crippen molar-refractivity contribution in [2.75, 3.05) is 39.3 Å². The monoisotopic (exact) mass is 250 g/mol. The molecule has 0 aliphatic carbocycles. The van der Waals surface area contributed by atoms with Gasteiger partial charge in [0.15, 0.2) is 0 Å². The SMILES string of the molecule is CNC(C)c1ccccc1N1CC(OC)(OC)C1. The Balaban J connectivity index is 2.16.